The fourth-order valence-electron chi connectivity index (χ4n) is 2.11. The molecule has 1 aromatic carbocycles. The normalized spacial score (nSPS) is 10.8. The SMILES string of the molecule is CC(=O)n1nc(N)c2cc(NC(=O)c3ccc(Cl)cc3)c(=O)oc21. The molecular weight excluding hydrogens is 336 g/mol. The minimum Gasteiger partial charge on any atom is -0.402 e. The van der Waals surface area contributed by atoms with Crippen LogP contribution in [0.25, 0.3) is 11.1 Å². The van der Waals surface area contributed by atoms with Crippen LogP contribution in [0, 0.1) is 0 Å². The summed E-state index contributed by atoms with van der Waals surface area (Å²) in [6.45, 7) is 1.25. The first-order chi connectivity index (χ1) is 11.4. The smallest absolute Gasteiger partial charge is 0.361 e. The first kappa shape index (κ1) is 15.8. The fraction of sp³-hybridized carbons (Fsp3) is 0.0667. The Kier molecular flexibility index (Phi) is 3.82. The number of nitrogen functional groups attached to an aromatic ring is 1. The third kappa shape index (κ3) is 2.74. The molecule has 0 unspecified atom stereocenters. The molecule has 0 bridgehead atoms. The van der Waals surface area contributed by atoms with Crippen LogP contribution >= 0.6 is 11.6 Å². The van der Waals surface area contributed by atoms with E-state index in [1.54, 1.807) is 12.1 Å². The van der Waals surface area contributed by atoms with Gasteiger partial charge in [-0.1, -0.05) is 11.6 Å². The molecule has 0 aliphatic heterocycles. The van der Waals surface area contributed by atoms with Crippen molar-refractivity contribution in [1.82, 2.24) is 9.78 Å². The van der Waals surface area contributed by atoms with Gasteiger partial charge in [0.05, 0.1) is 5.39 Å². The van der Waals surface area contributed by atoms with E-state index < -0.39 is 17.4 Å². The number of carbonyl (C=O) groups is 2. The monoisotopic (exact) mass is 346 g/mol. The van der Waals surface area contributed by atoms with Crippen molar-refractivity contribution in [2.24, 2.45) is 0 Å². The Morgan fingerprint density at radius 2 is 1.96 bits per heavy atom. The number of benzene rings is 1. The van der Waals surface area contributed by atoms with E-state index in [2.05, 4.69) is 10.4 Å². The third-order valence-corrected chi connectivity index (χ3v) is 3.51. The first-order valence-electron chi connectivity index (χ1n) is 6.77. The number of hydrogen-bond acceptors (Lipinski definition) is 6. The van der Waals surface area contributed by atoms with Crippen molar-refractivity contribution in [3.63, 3.8) is 0 Å². The predicted octanol–water partition coefficient (Wildman–Crippen LogP) is 2.14. The van der Waals surface area contributed by atoms with Gasteiger partial charge in [-0.15, -0.1) is 5.10 Å². The molecule has 3 N–H and O–H groups in total. The highest BCUT2D eigenvalue weighted by molar-refractivity contribution is 6.30. The molecule has 24 heavy (non-hydrogen) atoms. The van der Waals surface area contributed by atoms with Gasteiger partial charge >= 0.3 is 5.63 Å². The molecule has 0 fully saturated rings. The number of fused-ring (bicyclic) bond motifs is 1. The first-order valence-corrected chi connectivity index (χ1v) is 7.15. The van der Waals surface area contributed by atoms with Gasteiger partial charge in [0.25, 0.3) is 5.91 Å². The van der Waals surface area contributed by atoms with E-state index >= 15 is 0 Å². The number of aromatic nitrogens is 2. The molecule has 2 heterocycles. The Hall–Kier alpha value is -3.13. The van der Waals surface area contributed by atoms with Crippen LogP contribution in [0.5, 0.6) is 0 Å². The zero-order valence-electron chi connectivity index (χ0n) is 12.4. The zero-order chi connectivity index (χ0) is 17.4. The Balaban J connectivity index is 2.01. The maximum Gasteiger partial charge on any atom is 0.361 e. The van der Waals surface area contributed by atoms with Crippen molar-refractivity contribution in [3.8, 4) is 0 Å². The maximum atomic E-state index is 12.2. The lowest BCUT2D eigenvalue weighted by Gasteiger charge is -2.04. The summed E-state index contributed by atoms with van der Waals surface area (Å²) < 4.78 is 5.96. The largest absolute Gasteiger partial charge is 0.402 e. The van der Waals surface area contributed by atoms with E-state index in [4.69, 9.17) is 21.8 Å². The minimum atomic E-state index is -0.827. The molecule has 0 saturated heterocycles. The molecule has 9 heteroatoms. The number of halogens is 1. The highest BCUT2D eigenvalue weighted by Crippen LogP contribution is 2.22. The topological polar surface area (TPSA) is 120 Å². The van der Waals surface area contributed by atoms with Gasteiger partial charge in [0.2, 0.25) is 11.6 Å². The number of nitrogens with zero attached hydrogens (tertiary/aromatic N) is 2. The van der Waals surface area contributed by atoms with Crippen molar-refractivity contribution < 1.29 is 14.0 Å². The molecular formula is C15H11ClN4O4. The van der Waals surface area contributed by atoms with E-state index in [1.807, 2.05) is 0 Å². The summed E-state index contributed by atoms with van der Waals surface area (Å²) in [5.41, 5.74) is 5.02. The van der Waals surface area contributed by atoms with Gasteiger partial charge in [-0.3, -0.25) is 9.59 Å². The lowest BCUT2D eigenvalue weighted by molar-refractivity contribution is 0.0922. The van der Waals surface area contributed by atoms with Crippen LogP contribution in [0.1, 0.15) is 22.1 Å². The van der Waals surface area contributed by atoms with Crippen LogP contribution in [-0.4, -0.2) is 21.6 Å². The van der Waals surface area contributed by atoms with Crippen molar-refractivity contribution in [3.05, 3.63) is 51.3 Å². The molecule has 0 radical (unpaired) electrons. The molecule has 0 saturated carbocycles. The summed E-state index contributed by atoms with van der Waals surface area (Å²) >= 11 is 5.76. The summed E-state index contributed by atoms with van der Waals surface area (Å²) in [6, 6.07) is 7.45. The number of carbonyl (C=O) groups excluding carboxylic acids is 2. The zero-order valence-corrected chi connectivity index (χ0v) is 13.1. The summed E-state index contributed by atoms with van der Waals surface area (Å²) in [6.07, 6.45) is 0. The molecule has 3 rings (SSSR count). The average molecular weight is 347 g/mol. The second-order valence-electron chi connectivity index (χ2n) is 4.94. The molecule has 8 nitrogen and oxygen atoms in total. The van der Waals surface area contributed by atoms with Crippen LogP contribution in [0.15, 0.2) is 39.5 Å². The molecule has 3 aromatic rings. The minimum absolute atomic E-state index is 0.00550. The Bertz CT molecular complexity index is 1020. The van der Waals surface area contributed by atoms with Crippen molar-refractivity contribution in [2.75, 3.05) is 11.1 Å². The highest BCUT2D eigenvalue weighted by atomic mass is 35.5. The molecule has 122 valence electrons. The van der Waals surface area contributed by atoms with Gasteiger partial charge in [-0.25, -0.2) is 4.79 Å². The number of amides is 1. The predicted molar refractivity (Wildman–Crippen MR) is 88.4 cm³/mol. The quantitative estimate of drug-likeness (QED) is 0.733. The summed E-state index contributed by atoms with van der Waals surface area (Å²) in [4.78, 5) is 35.7. The summed E-state index contributed by atoms with van der Waals surface area (Å²) in [5.74, 6) is -0.973. The van der Waals surface area contributed by atoms with Gasteiger partial charge in [-0.2, -0.15) is 4.68 Å². The van der Waals surface area contributed by atoms with Crippen LogP contribution in [-0.2, 0) is 0 Å². The van der Waals surface area contributed by atoms with Gasteiger partial charge in [-0.05, 0) is 30.3 Å². The van der Waals surface area contributed by atoms with Crippen molar-refractivity contribution >= 4 is 46.0 Å². The molecule has 0 aliphatic carbocycles. The van der Waals surface area contributed by atoms with Crippen molar-refractivity contribution in [2.45, 2.75) is 6.92 Å². The van der Waals surface area contributed by atoms with E-state index in [0.29, 0.717) is 10.6 Å². The lowest BCUT2D eigenvalue weighted by atomic mass is 10.2. The number of nitrogens with one attached hydrogen (secondary N) is 1. The van der Waals surface area contributed by atoms with Gasteiger partial charge in [0.15, 0.2) is 5.82 Å². The third-order valence-electron chi connectivity index (χ3n) is 3.26. The highest BCUT2D eigenvalue weighted by Gasteiger charge is 2.18. The lowest BCUT2D eigenvalue weighted by Crippen LogP contribution is -2.18. The number of nitrogens with two attached hydrogens (primary N) is 1. The summed E-state index contributed by atoms with van der Waals surface area (Å²) in [5, 5.41) is 6.97. The summed E-state index contributed by atoms with van der Waals surface area (Å²) in [7, 11) is 0. The number of hydrogen-bond donors (Lipinski definition) is 2. The van der Waals surface area contributed by atoms with E-state index in [9.17, 15) is 14.4 Å². The molecule has 0 atom stereocenters. The van der Waals surface area contributed by atoms with Gasteiger partial charge < -0.3 is 15.5 Å². The molecule has 1 amide bonds. The van der Waals surface area contributed by atoms with Gasteiger partial charge in [0, 0.05) is 17.5 Å². The Morgan fingerprint density at radius 3 is 2.58 bits per heavy atom. The standard InChI is InChI=1S/C15H11ClN4O4/c1-7(21)20-14-10(12(17)19-20)6-11(15(23)24-14)18-13(22)8-2-4-9(16)5-3-8/h2-6H,1H3,(H2,17,19)(H,18,22). The Morgan fingerprint density at radius 1 is 1.29 bits per heavy atom. The molecule has 0 spiro atoms. The second kappa shape index (κ2) is 5.82. The van der Waals surface area contributed by atoms with Crippen LogP contribution in [0.4, 0.5) is 11.5 Å². The maximum absolute atomic E-state index is 12.2. The van der Waals surface area contributed by atoms with E-state index in [0.717, 1.165) is 4.68 Å². The van der Waals surface area contributed by atoms with Gasteiger partial charge in [0.1, 0.15) is 5.69 Å². The second-order valence-corrected chi connectivity index (χ2v) is 5.38. The average Bonchev–Trinajstić information content (AvgIpc) is 2.85. The van der Waals surface area contributed by atoms with Crippen LogP contribution in [0.3, 0.4) is 0 Å². The number of rotatable bonds is 2. The van der Waals surface area contributed by atoms with Crippen molar-refractivity contribution in [1.29, 1.82) is 0 Å². The van der Waals surface area contributed by atoms with E-state index in [1.165, 1.54) is 25.1 Å². The number of anilines is 2. The molecule has 2 aromatic heterocycles. The van der Waals surface area contributed by atoms with E-state index in [-0.39, 0.29) is 22.6 Å². The molecule has 0 aliphatic rings. The fourth-order valence-corrected chi connectivity index (χ4v) is 2.23. The van der Waals surface area contributed by atoms with Crippen LogP contribution < -0.4 is 16.7 Å². The Labute approximate surface area is 139 Å². The van der Waals surface area contributed by atoms with Crippen LogP contribution in [0.2, 0.25) is 5.02 Å².